The first-order valence-electron chi connectivity index (χ1n) is 38.1. The number of allylic oxidation sites excluding steroid dienone is 4. The van der Waals surface area contributed by atoms with Crippen molar-refractivity contribution in [2.45, 2.75) is 410 Å². The summed E-state index contributed by atoms with van der Waals surface area (Å²) in [4.78, 5) is 6.31. The van der Waals surface area contributed by atoms with Crippen LogP contribution in [0.1, 0.15) is 410 Å². The van der Waals surface area contributed by atoms with E-state index in [1.807, 2.05) is 6.08 Å². The summed E-state index contributed by atoms with van der Waals surface area (Å²) >= 11 is 1.06. The van der Waals surface area contributed by atoms with Gasteiger partial charge in [-0.3, -0.25) is 0 Å². The quantitative estimate of drug-likeness (QED) is 0.0120. The van der Waals surface area contributed by atoms with E-state index >= 15 is 0 Å². The molecule has 2 aromatic rings. The Balaban J connectivity index is 0.000000990. The average Bonchev–Trinajstić information content (AvgIpc) is 3.73. The molecule has 0 fully saturated rings. The zero-order valence-corrected chi connectivity index (χ0v) is 59.3. The Hall–Kier alpha value is -2.26. The Morgan fingerprint density at radius 1 is 0.365 bits per heavy atom. The molecule has 0 atom stereocenters. The van der Waals surface area contributed by atoms with E-state index in [0.29, 0.717) is 0 Å². The molecule has 3 heteroatoms. The third-order valence-corrected chi connectivity index (χ3v) is 20.1. The smallest absolute Gasteiger partial charge is 0.0654 e. The van der Waals surface area contributed by atoms with Crippen LogP contribution >= 0.6 is 0 Å². The molecule has 0 N–H and O–H groups in total. The van der Waals surface area contributed by atoms with Crippen molar-refractivity contribution in [3.63, 3.8) is 0 Å². The van der Waals surface area contributed by atoms with Gasteiger partial charge in [0.25, 0.3) is 5.87 Å². The molecule has 85 heavy (non-hydrogen) atoms. The van der Waals surface area contributed by atoms with Crippen LogP contribution < -0.4 is 0 Å². The molecule has 0 heterocycles. The van der Waals surface area contributed by atoms with Gasteiger partial charge in [-0.05, 0) is 84.8 Å². The number of nitrogens with zero attached hydrogens (tertiary/aromatic N) is 2. The fourth-order valence-electron chi connectivity index (χ4n) is 12.2. The first-order chi connectivity index (χ1) is 42.2. The fraction of sp³-hybridized carbons (Fsp3) is 0.780. The van der Waals surface area contributed by atoms with Gasteiger partial charge in [-0.1, -0.05) is 269 Å². The van der Waals surface area contributed by atoms with Crippen molar-refractivity contribution in [3.8, 4) is 0 Å². The molecule has 0 aliphatic carbocycles. The summed E-state index contributed by atoms with van der Waals surface area (Å²) in [6.07, 6.45) is 86.8. The van der Waals surface area contributed by atoms with Crippen LogP contribution in [0.15, 0.2) is 72.3 Å². The molecule has 2 aromatic carbocycles. The van der Waals surface area contributed by atoms with Gasteiger partial charge < -0.3 is 5.53 Å². The normalized spacial score (nSPS) is 11.7. The van der Waals surface area contributed by atoms with E-state index in [1.165, 1.54) is 361 Å². The molecule has 0 spiro atoms. The second-order valence-electron chi connectivity index (χ2n) is 26.0. The topological polar surface area (TPSA) is 36.4 Å². The van der Waals surface area contributed by atoms with E-state index in [9.17, 15) is 5.53 Å². The first-order valence-corrected chi connectivity index (χ1v) is 40.3. The van der Waals surface area contributed by atoms with Crippen molar-refractivity contribution in [2.24, 2.45) is 0 Å². The van der Waals surface area contributed by atoms with Gasteiger partial charge in [-0.25, -0.2) is 0 Å². The van der Waals surface area contributed by atoms with Crippen molar-refractivity contribution in [3.05, 3.63) is 100 Å². The summed E-state index contributed by atoms with van der Waals surface area (Å²) in [5, 5.41) is 0. The van der Waals surface area contributed by atoms with Gasteiger partial charge in [-0.15, -0.1) is 4.79 Å². The summed E-state index contributed by atoms with van der Waals surface area (Å²) in [6.45, 7) is 11.4. The SMILES string of the molecule is CCCCCCCCCCCCCCCCCCCCCCCCC=CCCc1ccccc1C(=C(C=C=[N+]=[N-])CCCC)c1ccc(CCCC)cc1.CCCCCCCCCCCCCC[CH2][Pd][CH2]CCCCCCCCCCCCCC. The molecule has 2 rings (SSSR count). The number of benzene rings is 2. The van der Waals surface area contributed by atoms with Gasteiger partial charge in [-0.2, -0.15) is 0 Å². The summed E-state index contributed by atoms with van der Waals surface area (Å²) in [7, 11) is 0. The molecule has 0 saturated carbocycles. The summed E-state index contributed by atoms with van der Waals surface area (Å²) in [5.74, 6) is 2.74. The van der Waals surface area contributed by atoms with Crippen molar-refractivity contribution < 1.29 is 22.8 Å². The number of rotatable bonds is 63. The molecular formula is C82H144N2Pd. The molecular weight excluding hydrogens is 1120 g/mol. The molecule has 0 radical (unpaired) electrons. The van der Waals surface area contributed by atoms with E-state index in [-0.39, 0.29) is 0 Å². The van der Waals surface area contributed by atoms with E-state index in [0.717, 1.165) is 56.5 Å². The molecule has 492 valence electrons. The van der Waals surface area contributed by atoms with Gasteiger partial charge in [0.05, 0.1) is 6.08 Å². The Morgan fingerprint density at radius 3 is 1.08 bits per heavy atom. The minimum Gasteiger partial charge on any atom is -0.0654 e. The second kappa shape index (κ2) is 67.7. The molecule has 0 aromatic heterocycles. The Labute approximate surface area is 541 Å². The summed E-state index contributed by atoms with van der Waals surface area (Å²) in [5.41, 5.74) is 17.0. The van der Waals surface area contributed by atoms with Gasteiger partial charge in [0.1, 0.15) is 0 Å². The predicted octanol–water partition coefficient (Wildman–Crippen LogP) is 29.0. The standard InChI is InChI=1S/C52H82N2.2C15H31.Pd/c1-4-7-10-11-12-13-14-15-16-17-18-19-20-21-22-23-24-25-26-27-28-29-30-31-32-33-38-48-39-34-35-40-51(48)52(49(37-9-6-3)45-46-54-53)50-43-41-47(42-44-50)36-8-5-2;2*1-3-5-7-9-11-13-15-14-12-10-8-6-4-2;/h31-32,34-35,39-45H,4-30,33,36-38H2,1-3H3;2*1,3-15H2,2H3;. The monoisotopic (exact) mass is 1260 g/mol. The van der Waals surface area contributed by atoms with E-state index in [4.69, 9.17) is 0 Å². The van der Waals surface area contributed by atoms with Gasteiger partial charge in [0.2, 0.25) is 0 Å². The van der Waals surface area contributed by atoms with Crippen molar-refractivity contribution >= 4 is 11.4 Å². The zero-order valence-electron chi connectivity index (χ0n) is 57.8. The molecule has 0 saturated heterocycles. The molecule has 0 aliphatic heterocycles. The molecule has 2 nitrogen and oxygen atoms in total. The van der Waals surface area contributed by atoms with Crippen LogP contribution in [0.4, 0.5) is 0 Å². The van der Waals surface area contributed by atoms with Gasteiger partial charge >= 0.3 is 169 Å². The Kier molecular flexibility index (Phi) is 64.3. The summed E-state index contributed by atoms with van der Waals surface area (Å²) in [6, 6.07) is 18.1. The van der Waals surface area contributed by atoms with Crippen molar-refractivity contribution in [1.29, 1.82) is 0 Å². The molecule has 0 unspecified atom stereocenters. The van der Waals surface area contributed by atoms with E-state index < -0.39 is 0 Å². The second-order valence-corrected chi connectivity index (χ2v) is 28.3. The third-order valence-electron chi connectivity index (χ3n) is 17.9. The fourth-order valence-corrected chi connectivity index (χ4v) is 14.2. The van der Waals surface area contributed by atoms with E-state index in [1.54, 1.807) is 9.79 Å². The predicted molar refractivity (Wildman–Crippen MR) is 381 cm³/mol. The minimum atomic E-state index is 0.930. The van der Waals surface area contributed by atoms with Crippen molar-refractivity contribution in [1.82, 2.24) is 0 Å². The van der Waals surface area contributed by atoms with Crippen LogP contribution in [0.2, 0.25) is 9.79 Å². The number of unbranched alkanes of at least 4 members (excludes halogenated alkanes) is 48. The van der Waals surface area contributed by atoms with Crippen LogP contribution in [0.3, 0.4) is 0 Å². The number of hydrogen-bond donors (Lipinski definition) is 0. The van der Waals surface area contributed by atoms with Crippen LogP contribution in [0, 0.1) is 0 Å². The average molecular weight is 1260 g/mol. The number of aryl methyl sites for hydroxylation is 2. The molecule has 0 aliphatic rings. The molecule has 0 bridgehead atoms. The molecule has 0 amide bonds. The minimum absolute atomic E-state index is 0.930. The Bertz CT molecular complexity index is 1780. The zero-order chi connectivity index (χ0) is 61.1. The van der Waals surface area contributed by atoms with Gasteiger partial charge in [0.15, 0.2) is 0 Å². The van der Waals surface area contributed by atoms with Crippen molar-refractivity contribution in [2.75, 3.05) is 0 Å². The maximum absolute atomic E-state index is 9.25. The Morgan fingerprint density at radius 2 is 0.706 bits per heavy atom. The third kappa shape index (κ3) is 53.3. The summed E-state index contributed by atoms with van der Waals surface area (Å²) < 4.78 is 0. The van der Waals surface area contributed by atoms with Crippen LogP contribution in [-0.4, -0.2) is 10.7 Å². The first kappa shape index (κ1) is 80.8. The van der Waals surface area contributed by atoms with Crippen LogP contribution in [0.25, 0.3) is 11.1 Å². The van der Waals surface area contributed by atoms with Gasteiger partial charge in [0, 0.05) is 0 Å². The van der Waals surface area contributed by atoms with Crippen LogP contribution in [0.5, 0.6) is 0 Å². The van der Waals surface area contributed by atoms with Crippen LogP contribution in [-0.2, 0) is 30.8 Å². The maximum atomic E-state index is 9.25. The number of hydrogen-bond acceptors (Lipinski definition) is 0. The van der Waals surface area contributed by atoms with E-state index in [2.05, 4.69) is 106 Å².